The molecule has 122 valence electrons. The van der Waals surface area contributed by atoms with Gasteiger partial charge in [0.15, 0.2) is 6.29 Å². The summed E-state index contributed by atoms with van der Waals surface area (Å²) in [7, 11) is 3.78. The summed E-state index contributed by atoms with van der Waals surface area (Å²) in [6.07, 6.45) is 4.11. The second-order valence-corrected chi connectivity index (χ2v) is 4.04. The van der Waals surface area contributed by atoms with Gasteiger partial charge in [0.05, 0.1) is 7.18 Å². The first kappa shape index (κ1) is 20.2. The first-order chi connectivity index (χ1) is 10.8. The molecule has 2 aromatic rings. The highest BCUT2D eigenvalue weighted by Crippen LogP contribution is 2.22. The molecule has 0 fully saturated rings. The average molecular weight is 307 g/mol. The Morgan fingerprint density at radius 1 is 1.00 bits per heavy atom. The van der Waals surface area contributed by atoms with Crippen molar-refractivity contribution in [3.63, 3.8) is 0 Å². The van der Waals surface area contributed by atoms with E-state index in [0.29, 0.717) is 7.18 Å². The van der Waals surface area contributed by atoms with Crippen molar-refractivity contribution in [2.45, 2.75) is 26.6 Å². The molecule has 0 saturated heterocycles. The average Bonchev–Trinajstić information content (AvgIpc) is 2.62. The van der Waals surface area contributed by atoms with Crippen LogP contribution in [0.25, 0.3) is 0 Å². The number of benzene rings is 1. The summed E-state index contributed by atoms with van der Waals surface area (Å²) in [5.41, 5.74) is 3.40. The molecule has 0 amide bonds. The van der Waals surface area contributed by atoms with E-state index in [4.69, 9.17) is 9.47 Å². The Labute approximate surface area is 133 Å². The summed E-state index contributed by atoms with van der Waals surface area (Å²) in [4.78, 5) is 4.18. The number of rotatable bonds is 5. The number of methoxy groups -OCH3 is 2. The molecule has 1 aromatic heterocycles. The van der Waals surface area contributed by atoms with Crippen LogP contribution in [0.5, 0.6) is 0 Å². The zero-order valence-corrected chi connectivity index (χ0v) is 14.0. The van der Waals surface area contributed by atoms with Crippen LogP contribution >= 0.6 is 0 Å². The maximum Gasteiger partial charge on any atom is 0.183 e. The highest BCUT2D eigenvalue weighted by Gasteiger charge is 2.13. The van der Waals surface area contributed by atoms with Crippen molar-refractivity contribution in [1.29, 1.82) is 0 Å². The Balaban J connectivity index is 0.00000102. The molecule has 2 rings (SSSR count). The second kappa shape index (κ2) is 12.9. The molecule has 22 heavy (non-hydrogen) atoms. The van der Waals surface area contributed by atoms with Gasteiger partial charge in [0.2, 0.25) is 0 Å². The monoisotopic (exact) mass is 307 g/mol. The summed E-state index contributed by atoms with van der Waals surface area (Å²) in [5, 5.41) is 0. The predicted molar refractivity (Wildman–Crippen MR) is 88.6 cm³/mol. The van der Waals surface area contributed by atoms with Crippen LogP contribution < -0.4 is 0 Å². The molecule has 0 spiro atoms. The van der Waals surface area contributed by atoms with E-state index in [1.54, 1.807) is 20.4 Å². The maximum absolute atomic E-state index is 9.50. The van der Waals surface area contributed by atoms with Gasteiger partial charge in [0.1, 0.15) is 0 Å². The van der Waals surface area contributed by atoms with Gasteiger partial charge >= 0.3 is 0 Å². The lowest BCUT2D eigenvalue weighted by Gasteiger charge is -2.17. The lowest BCUT2D eigenvalue weighted by molar-refractivity contribution is -0.106. The van der Waals surface area contributed by atoms with Crippen molar-refractivity contribution in [1.82, 2.24) is 4.98 Å². The van der Waals surface area contributed by atoms with E-state index in [1.165, 1.54) is 5.56 Å². The largest absolute Gasteiger partial charge is 0.352 e. The van der Waals surface area contributed by atoms with Crippen LogP contribution in [0.15, 0.2) is 48.8 Å². The number of alkyl halides is 1. The molecular weight excluding hydrogens is 281 g/mol. The van der Waals surface area contributed by atoms with Gasteiger partial charge in [0.25, 0.3) is 0 Å². The lowest BCUT2D eigenvalue weighted by Crippen LogP contribution is -2.08. The molecule has 0 radical (unpaired) electrons. The third-order valence-electron chi connectivity index (χ3n) is 2.86. The number of hydrogen-bond acceptors (Lipinski definition) is 3. The normalized spacial score (nSPS) is 9.41. The number of ether oxygens (including phenoxy) is 2. The van der Waals surface area contributed by atoms with E-state index in [2.05, 4.69) is 17.1 Å². The van der Waals surface area contributed by atoms with E-state index >= 15 is 0 Å². The fraction of sp³-hybridized carbons (Fsp3) is 0.389. The van der Waals surface area contributed by atoms with Crippen LogP contribution in [-0.4, -0.2) is 26.4 Å². The van der Waals surface area contributed by atoms with Crippen LogP contribution in [-0.2, 0) is 15.9 Å². The Bertz CT molecular complexity index is 487. The molecule has 0 N–H and O–H groups in total. The molecule has 0 aliphatic heterocycles. The summed E-state index contributed by atoms with van der Waals surface area (Å²) < 4.78 is 20.1. The van der Waals surface area contributed by atoms with Gasteiger partial charge in [-0.2, -0.15) is 0 Å². The van der Waals surface area contributed by atoms with Crippen molar-refractivity contribution < 1.29 is 13.9 Å². The van der Waals surface area contributed by atoms with Crippen LogP contribution in [0.4, 0.5) is 4.39 Å². The topological polar surface area (TPSA) is 31.4 Å². The fourth-order valence-electron chi connectivity index (χ4n) is 1.98. The quantitative estimate of drug-likeness (QED) is 0.758. The zero-order chi connectivity index (χ0) is 16.8. The van der Waals surface area contributed by atoms with Crippen molar-refractivity contribution in [3.05, 3.63) is 65.5 Å². The number of pyridine rings is 1. The van der Waals surface area contributed by atoms with E-state index in [1.807, 2.05) is 44.3 Å². The lowest BCUT2D eigenvalue weighted by atomic mass is 10.0. The second-order valence-electron chi connectivity index (χ2n) is 4.04. The summed E-state index contributed by atoms with van der Waals surface area (Å²) >= 11 is 0. The predicted octanol–water partition coefficient (Wildman–Crippen LogP) is 4.58. The SMILES string of the molecule is CC.CF.COC(OC)c1ccncc1Cc1ccccc1. The van der Waals surface area contributed by atoms with Gasteiger partial charge in [-0.05, 0) is 23.6 Å². The molecule has 0 aliphatic rings. The Hall–Kier alpha value is -1.78. The third kappa shape index (κ3) is 6.33. The molecule has 0 bridgehead atoms. The summed E-state index contributed by atoms with van der Waals surface area (Å²) in [6, 6.07) is 12.2. The van der Waals surface area contributed by atoms with E-state index in [0.717, 1.165) is 17.5 Å². The van der Waals surface area contributed by atoms with Crippen molar-refractivity contribution >= 4 is 0 Å². The summed E-state index contributed by atoms with van der Waals surface area (Å²) in [5.74, 6) is 0. The van der Waals surface area contributed by atoms with Gasteiger partial charge < -0.3 is 9.47 Å². The Morgan fingerprint density at radius 3 is 2.14 bits per heavy atom. The molecule has 0 atom stereocenters. The Kier molecular flexibility index (Phi) is 11.9. The number of halogens is 1. The maximum atomic E-state index is 9.50. The number of aromatic nitrogens is 1. The minimum atomic E-state index is -0.341. The molecule has 0 saturated carbocycles. The van der Waals surface area contributed by atoms with Crippen molar-refractivity contribution in [2.24, 2.45) is 0 Å². The van der Waals surface area contributed by atoms with Gasteiger partial charge in [-0.15, -0.1) is 0 Å². The molecule has 3 nitrogen and oxygen atoms in total. The molecular formula is C18H26FNO2. The van der Waals surface area contributed by atoms with E-state index in [9.17, 15) is 4.39 Å². The molecule has 4 heteroatoms. The van der Waals surface area contributed by atoms with Gasteiger partial charge in [-0.1, -0.05) is 44.2 Å². The zero-order valence-electron chi connectivity index (χ0n) is 14.0. The fourth-order valence-corrected chi connectivity index (χ4v) is 1.98. The van der Waals surface area contributed by atoms with Gasteiger partial charge in [0, 0.05) is 32.2 Å². The smallest absolute Gasteiger partial charge is 0.183 e. The molecule has 1 heterocycles. The molecule has 1 aromatic carbocycles. The number of nitrogens with zero attached hydrogens (tertiary/aromatic N) is 1. The van der Waals surface area contributed by atoms with Gasteiger partial charge in [-0.25, -0.2) is 0 Å². The molecule has 0 aliphatic carbocycles. The van der Waals surface area contributed by atoms with Crippen LogP contribution in [0.2, 0.25) is 0 Å². The summed E-state index contributed by atoms with van der Waals surface area (Å²) in [6.45, 7) is 4.00. The Morgan fingerprint density at radius 2 is 1.59 bits per heavy atom. The first-order valence-electron chi connectivity index (χ1n) is 7.25. The first-order valence-corrected chi connectivity index (χ1v) is 7.25. The van der Waals surface area contributed by atoms with E-state index < -0.39 is 0 Å². The van der Waals surface area contributed by atoms with Crippen LogP contribution in [0, 0.1) is 0 Å². The van der Waals surface area contributed by atoms with Crippen LogP contribution in [0.3, 0.4) is 0 Å². The van der Waals surface area contributed by atoms with Crippen molar-refractivity contribution in [2.75, 3.05) is 21.4 Å². The van der Waals surface area contributed by atoms with Crippen molar-refractivity contribution in [3.8, 4) is 0 Å². The third-order valence-corrected chi connectivity index (χ3v) is 2.86. The molecule has 0 unspecified atom stereocenters. The van der Waals surface area contributed by atoms with Gasteiger partial charge in [-0.3, -0.25) is 9.37 Å². The van der Waals surface area contributed by atoms with E-state index in [-0.39, 0.29) is 6.29 Å². The highest BCUT2D eigenvalue weighted by atomic mass is 19.1. The standard InChI is InChI=1S/C15H17NO2.C2H6.CH3F/c1-17-15(18-2)14-8-9-16-11-13(14)10-12-6-4-3-5-7-12;2*1-2/h3-9,11,15H,10H2,1-2H3;1-2H3;1H3. The minimum absolute atomic E-state index is 0.341. The highest BCUT2D eigenvalue weighted by molar-refractivity contribution is 5.31. The van der Waals surface area contributed by atoms with Crippen LogP contribution in [0.1, 0.15) is 36.8 Å². The number of hydrogen-bond donors (Lipinski definition) is 0. The minimum Gasteiger partial charge on any atom is -0.352 e.